The van der Waals surface area contributed by atoms with Crippen LogP contribution in [0.3, 0.4) is 0 Å². The van der Waals surface area contributed by atoms with Crippen LogP contribution in [0, 0.1) is 11.8 Å². The number of carbonyl (C=O) groups is 1. The Morgan fingerprint density at radius 1 is 1.41 bits per heavy atom. The van der Waals surface area contributed by atoms with E-state index >= 15 is 0 Å². The normalized spacial score (nSPS) is 22.6. The summed E-state index contributed by atoms with van der Waals surface area (Å²) in [7, 11) is 0. The number of hydrogen-bond donors (Lipinski definition) is 1. The molecule has 0 radical (unpaired) electrons. The summed E-state index contributed by atoms with van der Waals surface area (Å²) in [6, 6.07) is 9.80. The number of likely N-dealkylation sites (tertiary alicyclic amines) is 1. The quantitative estimate of drug-likeness (QED) is 0.905. The summed E-state index contributed by atoms with van der Waals surface area (Å²) in [5, 5.41) is 0. The van der Waals surface area contributed by atoms with Gasteiger partial charge in [-0.05, 0) is 30.9 Å². The van der Waals surface area contributed by atoms with E-state index in [-0.39, 0.29) is 30.3 Å². The van der Waals surface area contributed by atoms with Crippen molar-refractivity contribution in [2.75, 3.05) is 19.7 Å². The van der Waals surface area contributed by atoms with Gasteiger partial charge in [0.05, 0.1) is 12.5 Å². The summed E-state index contributed by atoms with van der Waals surface area (Å²) in [6.45, 7) is 5.93. The van der Waals surface area contributed by atoms with Crippen LogP contribution >= 0.6 is 12.4 Å². The van der Waals surface area contributed by atoms with Crippen molar-refractivity contribution < 1.29 is 9.53 Å². The topological polar surface area (TPSA) is 55.6 Å². The molecule has 0 aliphatic carbocycles. The predicted molar refractivity (Wildman–Crippen MR) is 91.3 cm³/mol. The molecule has 0 saturated carbocycles. The second-order valence-electron chi connectivity index (χ2n) is 6.08. The Morgan fingerprint density at radius 3 is 2.73 bits per heavy atom. The van der Waals surface area contributed by atoms with Crippen LogP contribution < -0.4 is 10.5 Å². The minimum absolute atomic E-state index is 0. The van der Waals surface area contributed by atoms with Gasteiger partial charge < -0.3 is 15.4 Å². The van der Waals surface area contributed by atoms with Crippen LogP contribution in [-0.4, -0.2) is 36.5 Å². The van der Waals surface area contributed by atoms with E-state index in [1.54, 1.807) is 0 Å². The zero-order valence-corrected chi connectivity index (χ0v) is 14.2. The van der Waals surface area contributed by atoms with Crippen molar-refractivity contribution >= 4 is 18.3 Å². The summed E-state index contributed by atoms with van der Waals surface area (Å²) in [5.41, 5.74) is 5.83. The molecular formula is C17H27ClN2O2. The SMILES string of the molecule is CC1CCN(C(=O)C(C)COc2ccccc2)C(CN)C1.Cl. The number of carbonyl (C=O) groups excluding carboxylic acids is 1. The molecule has 1 aliphatic heterocycles. The molecule has 1 aliphatic rings. The summed E-state index contributed by atoms with van der Waals surface area (Å²) < 4.78 is 5.69. The molecule has 1 amide bonds. The molecule has 1 aromatic rings. The summed E-state index contributed by atoms with van der Waals surface area (Å²) >= 11 is 0. The van der Waals surface area contributed by atoms with E-state index in [0.29, 0.717) is 19.1 Å². The van der Waals surface area contributed by atoms with Gasteiger partial charge in [-0.3, -0.25) is 4.79 Å². The highest BCUT2D eigenvalue weighted by Gasteiger charge is 2.31. The van der Waals surface area contributed by atoms with Gasteiger partial charge in [0.25, 0.3) is 0 Å². The first kappa shape index (κ1) is 18.8. The Labute approximate surface area is 139 Å². The Hall–Kier alpha value is -1.26. The lowest BCUT2D eigenvalue weighted by Gasteiger charge is -2.39. The fourth-order valence-corrected chi connectivity index (χ4v) is 2.86. The highest BCUT2D eigenvalue weighted by molar-refractivity contribution is 5.85. The molecule has 3 unspecified atom stereocenters. The first-order valence-corrected chi connectivity index (χ1v) is 7.80. The number of benzene rings is 1. The maximum Gasteiger partial charge on any atom is 0.229 e. The molecule has 3 atom stereocenters. The van der Waals surface area contributed by atoms with Gasteiger partial charge in [0.15, 0.2) is 0 Å². The first-order valence-electron chi connectivity index (χ1n) is 7.80. The maximum absolute atomic E-state index is 12.6. The summed E-state index contributed by atoms with van der Waals surface area (Å²) in [4.78, 5) is 14.5. The van der Waals surface area contributed by atoms with Crippen molar-refractivity contribution in [1.29, 1.82) is 0 Å². The van der Waals surface area contributed by atoms with Crippen molar-refractivity contribution in [2.45, 2.75) is 32.7 Å². The number of rotatable bonds is 5. The second-order valence-corrected chi connectivity index (χ2v) is 6.08. The molecule has 2 N–H and O–H groups in total. The lowest BCUT2D eigenvalue weighted by atomic mass is 9.91. The standard InChI is InChI=1S/C17H26N2O2.ClH/c1-13-8-9-19(15(10-13)11-18)17(20)14(2)12-21-16-6-4-3-5-7-16;/h3-7,13-15H,8-12,18H2,1-2H3;1H. The molecule has 2 rings (SSSR count). The molecular weight excluding hydrogens is 300 g/mol. The van der Waals surface area contributed by atoms with E-state index in [0.717, 1.165) is 25.1 Å². The van der Waals surface area contributed by atoms with Gasteiger partial charge in [-0.25, -0.2) is 0 Å². The van der Waals surface area contributed by atoms with Crippen molar-refractivity contribution in [3.63, 3.8) is 0 Å². The van der Waals surface area contributed by atoms with Crippen LogP contribution in [0.2, 0.25) is 0 Å². The Kier molecular flexibility index (Phi) is 7.69. The number of nitrogens with zero attached hydrogens (tertiary/aromatic N) is 1. The van der Waals surface area contributed by atoms with Gasteiger partial charge in [0.2, 0.25) is 5.91 Å². The lowest BCUT2D eigenvalue weighted by Crippen LogP contribution is -2.51. The maximum atomic E-state index is 12.6. The number of halogens is 1. The molecule has 0 spiro atoms. The minimum atomic E-state index is -0.146. The number of nitrogens with two attached hydrogens (primary N) is 1. The number of hydrogen-bond acceptors (Lipinski definition) is 3. The third-order valence-electron chi connectivity index (χ3n) is 4.20. The first-order chi connectivity index (χ1) is 10.1. The highest BCUT2D eigenvalue weighted by Crippen LogP contribution is 2.23. The van der Waals surface area contributed by atoms with Crippen LogP contribution in [-0.2, 0) is 4.79 Å². The molecule has 22 heavy (non-hydrogen) atoms. The van der Waals surface area contributed by atoms with Gasteiger partial charge >= 0.3 is 0 Å². The van der Waals surface area contributed by atoms with E-state index in [1.165, 1.54) is 0 Å². The highest BCUT2D eigenvalue weighted by atomic mass is 35.5. The molecule has 1 saturated heterocycles. The number of para-hydroxylation sites is 1. The fourth-order valence-electron chi connectivity index (χ4n) is 2.86. The van der Waals surface area contributed by atoms with E-state index in [4.69, 9.17) is 10.5 Å². The molecule has 1 fully saturated rings. The molecule has 124 valence electrons. The number of ether oxygens (including phenoxy) is 1. The fraction of sp³-hybridized carbons (Fsp3) is 0.588. The molecule has 0 bridgehead atoms. The van der Waals surface area contributed by atoms with E-state index in [1.807, 2.05) is 42.2 Å². The van der Waals surface area contributed by atoms with Gasteiger partial charge in [0, 0.05) is 19.1 Å². The van der Waals surface area contributed by atoms with Crippen LogP contribution in [0.1, 0.15) is 26.7 Å². The monoisotopic (exact) mass is 326 g/mol. The van der Waals surface area contributed by atoms with E-state index < -0.39 is 0 Å². The van der Waals surface area contributed by atoms with Crippen molar-refractivity contribution in [1.82, 2.24) is 4.90 Å². The lowest BCUT2D eigenvalue weighted by molar-refractivity contribution is -0.140. The van der Waals surface area contributed by atoms with E-state index in [9.17, 15) is 4.79 Å². The van der Waals surface area contributed by atoms with Crippen molar-refractivity contribution in [2.24, 2.45) is 17.6 Å². The van der Waals surface area contributed by atoms with Crippen molar-refractivity contribution in [3.8, 4) is 5.75 Å². The van der Waals surface area contributed by atoms with Gasteiger partial charge in [0.1, 0.15) is 5.75 Å². The predicted octanol–water partition coefficient (Wildman–Crippen LogP) is 2.71. The van der Waals surface area contributed by atoms with Crippen LogP contribution in [0.25, 0.3) is 0 Å². The molecule has 4 nitrogen and oxygen atoms in total. The van der Waals surface area contributed by atoms with E-state index in [2.05, 4.69) is 6.92 Å². The zero-order chi connectivity index (χ0) is 15.2. The largest absolute Gasteiger partial charge is 0.493 e. The Bertz CT molecular complexity index is 455. The van der Waals surface area contributed by atoms with Gasteiger partial charge in [-0.1, -0.05) is 32.0 Å². The van der Waals surface area contributed by atoms with Crippen LogP contribution in [0.4, 0.5) is 0 Å². The molecule has 0 aromatic heterocycles. The number of amides is 1. The van der Waals surface area contributed by atoms with Crippen LogP contribution in [0.15, 0.2) is 30.3 Å². The van der Waals surface area contributed by atoms with Crippen LogP contribution in [0.5, 0.6) is 5.75 Å². The smallest absolute Gasteiger partial charge is 0.229 e. The summed E-state index contributed by atoms with van der Waals surface area (Å²) in [5.74, 6) is 1.47. The molecule has 1 aromatic carbocycles. The van der Waals surface area contributed by atoms with Crippen molar-refractivity contribution in [3.05, 3.63) is 30.3 Å². The third kappa shape index (κ3) is 4.89. The molecule has 1 heterocycles. The number of piperidine rings is 1. The zero-order valence-electron chi connectivity index (χ0n) is 13.4. The average Bonchev–Trinajstić information content (AvgIpc) is 2.52. The summed E-state index contributed by atoms with van der Waals surface area (Å²) in [6.07, 6.45) is 2.07. The average molecular weight is 327 g/mol. The molecule has 5 heteroatoms. The Balaban J connectivity index is 0.00000242. The van der Waals surface area contributed by atoms with Gasteiger partial charge in [-0.15, -0.1) is 12.4 Å². The third-order valence-corrected chi connectivity index (χ3v) is 4.20. The Morgan fingerprint density at radius 2 is 2.09 bits per heavy atom. The van der Waals surface area contributed by atoms with Gasteiger partial charge in [-0.2, -0.15) is 0 Å². The minimum Gasteiger partial charge on any atom is -0.493 e. The second kappa shape index (κ2) is 9.01.